The van der Waals surface area contributed by atoms with E-state index < -0.39 is 0 Å². The monoisotopic (exact) mass is 204 g/mol. The van der Waals surface area contributed by atoms with Gasteiger partial charge in [-0.25, -0.2) is 0 Å². The molecule has 15 heavy (non-hydrogen) atoms. The molecule has 0 atom stereocenters. The van der Waals surface area contributed by atoms with E-state index in [1.54, 1.807) is 0 Å². The van der Waals surface area contributed by atoms with Crippen molar-refractivity contribution in [1.82, 2.24) is 0 Å². The zero-order valence-electron chi connectivity index (χ0n) is 10.2. The van der Waals surface area contributed by atoms with Crippen LogP contribution in [0.25, 0.3) is 0 Å². The summed E-state index contributed by atoms with van der Waals surface area (Å²) in [6, 6.07) is 6.63. The molecule has 0 spiro atoms. The van der Waals surface area contributed by atoms with Crippen molar-refractivity contribution >= 4 is 0 Å². The highest BCUT2D eigenvalue weighted by Crippen LogP contribution is 2.32. The summed E-state index contributed by atoms with van der Waals surface area (Å²) in [6.45, 7) is 6.85. The predicted octanol–water partition coefficient (Wildman–Crippen LogP) is 3.39. The van der Waals surface area contributed by atoms with E-state index in [1.165, 1.54) is 31.4 Å². The summed E-state index contributed by atoms with van der Waals surface area (Å²) in [5, 5.41) is 0. The fraction of sp³-hybridized carbons (Fsp3) is 0.643. The van der Waals surface area contributed by atoms with Crippen LogP contribution >= 0.6 is 0 Å². The molecule has 82 valence electrons. The van der Waals surface area contributed by atoms with Crippen LogP contribution in [0.15, 0.2) is 24.4 Å². The molecule has 1 saturated carbocycles. The maximum absolute atomic E-state index is 2.45. The maximum atomic E-state index is 2.45. The Morgan fingerprint density at radius 1 is 1.13 bits per heavy atom. The Balaban J connectivity index is 2.37. The molecule has 0 radical (unpaired) electrons. The molecule has 0 saturated heterocycles. The first-order chi connectivity index (χ1) is 7.09. The number of aromatic nitrogens is 1. The van der Waals surface area contributed by atoms with E-state index in [0.717, 1.165) is 5.92 Å². The smallest absolute Gasteiger partial charge is 0.184 e. The van der Waals surface area contributed by atoms with Crippen molar-refractivity contribution in [3.8, 4) is 0 Å². The average Bonchev–Trinajstić information content (AvgIpc) is 2.69. The van der Waals surface area contributed by atoms with Crippen molar-refractivity contribution in [2.24, 2.45) is 0 Å². The van der Waals surface area contributed by atoms with Gasteiger partial charge in [-0.1, -0.05) is 18.9 Å². The van der Waals surface area contributed by atoms with E-state index in [2.05, 4.69) is 49.7 Å². The number of hydrogen-bond acceptors (Lipinski definition) is 0. The van der Waals surface area contributed by atoms with Crippen LogP contribution in [0, 0.1) is 0 Å². The fourth-order valence-corrected chi connectivity index (χ4v) is 2.62. The third kappa shape index (κ3) is 2.22. The highest BCUT2D eigenvalue weighted by atomic mass is 15.0. The molecule has 1 aliphatic rings. The lowest BCUT2D eigenvalue weighted by molar-refractivity contribution is -0.761. The Morgan fingerprint density at radius 3 is 2.40 bits per heavy atom. The summed E-state index contributed by atoms with van der Waals surface area (Å²) >= 11 is 0. The first-order valence-corrected chi connectivity index (χ1v) is 6.10. The lowest BCUT2D eigenvalue weighted by Crippen LogP contribution is -2.53. The number of pyridine rings is 1. The molecule has 0 aromatic carbocycles. The van der Waals surface area contributed by atoms with E-state index in [0.29, 0.717) is 0 Å². The van der Waals surface area contributed by atoms with Gasteiger partial charge in [0.1, 0.15) is 0 Å². The molecule has 1 aromatic heterocycles. The zero-order chi connectivity index (χ0) is 10.9. The first kappa shape index (κ1) is 10.7. The Bertz CT molecular complexity index is 329. The van der Waals surface area contributed by atoms with Gasteiger partial charge in [-0.15, -0.1) is 0 Å². The molecule has 1 nitrogen and oxygen atoms in total. The largest absolute Gasteiger partial charge is 0.198 e. The Morgan fingerprint density at radius 2 is 1.80 bits per heavy atom. The number of hydrogen-bond donors (Lipinski definition) is 0. The minimum absolute atomic E-state index is 0.208. The summed E-state index contributed by atoms with van der Waals surface area (Å²) in [5.41, 5.74) is 1.74. The topological polar surface area (TPSA) is 3.88 Å². The average molecular weight is 204 g/mol. The summed E-state index contributed by atoms with van der Waals surface area (Å²) in [5.74, 6) is 0.797. The van der Waals surface area contributed by atoms with Crippen LogP contribution in [0.3, 0.4) is 0 Å². The predicted molar refractivity (Wildman–Crippen MR) is 62.8 cm³/mol. The van der Waals surface area contributed by atoms with Crippen molar-refractivity contribution in [3.05, 3.63) is 30.1 Å². The molecule has 2 rings (SSSR count). The normalized spacial score (nSPS) is 18.3. The lowest BCUT2D eigenvalue weighted by Gasteiger charge is -2.19. The van der Waals surface area contributed by atoms with Crippen LogP contribution in [0.1, 0.15) is 58.1 Å². The first-order valence-electron chi connectivity index (χ1n) is 6.10. The van der Waals surface area contributed by atoms with Crippen LogP contribution in [0.2, 0.25) is 0 Å². The molecule has 1 heterocycles. The van der Waals surface area contributed by atoms with Gasteiger partial charge < -0.3 is 0 Å². The van der Waals surface area contributed by atoms with Crippen LogP contribution in [-0.2, 0) is 5.54 Å². The molecule has 1 fully saturated rings. The molecule has 1 heteroatoms. The van der Waals surface area contributed by atoms with Crippen molar-refractivity contribution in [2.75, 3.05) is 0 Å². The van der Waals surface area contributed by atoms with E-state index in [4.69, 9.17) is 0 Å². The van der Waals surface area contributed by atoms with Gasteiger partial charge in [0, 0.05) is 38.8 Å². The standard InChI is InChI=1S/C14H22N/c1-14(2,3)15-11-7-6-10-13(15)12-8-4-5-9-12/h6-7,10-12H,4-5,8-9H2,1-3H3/q+1. The third-order valence-corrected chi connectivity index (χ3v) is 3.39. The fourth-order valence-electron chi connectivity index (χ4n) is 2.62. The van der Waals surface area contributed by atoms with Gasteiger partial charge in [0.15, 0.2) is 17.4 Å². The molecular weight excluding hydrogens is 182 g/mol. The van der Waals surface area contributed by atoms with Crippen LogP contribution in [0.5, 0.6) is 0 Å². The van der Waals surface area contributed by atoms with Crippen LogP contribution in [0.4, 0.5) is 0 Å². The zero-order valence-corrected chi connectivity index (χ0v) is 10.2. The molecule has 0 bridgehead atoms. The highest BCUT2D eigenvalue weighted by molar-refractivity contribution is 5.05. The second-order valence-corrected chi connectivity index (χ2v) is 5.65. The molecule has 1 aliphatic carbocycles. The Labute approximate surface area is 93.1 Å². The molecule has 0 aliphatic heterocycles. The van der Waals surface area contributed by atoms with Gasteiger partial charge in [-0.3, -0.25) is 0 Å². The van der Waals surface area contributed by atoms with E-state index in [-0.39, 0.29) is 5.54 Å². The van der Waals surface area contributed by atoms with Crippen molar-refractivity contribution in [1.29, 1.82) is 0 Å². The molecule has 1 aromatic rings. The summed E-state index contributed by atoms with van der Waals surface area (Å²) in [7, 11) is 0. The molecule has 0 N–H and O–H groups in total. The highest BCUT2D eigenvalue weighted by Gasteiger charge is 2.30. The van der Waals surface area contributed by atoms with Gasteiger partial charge in [-0.2, -0.15) is 4.57 Å². The second-order valence-electron chi connectivity index (χ2n) is 5.65. The quantitative estimate of drug-likeness (QED) is 0.617. The summed E-state index contributed by atoms with van der Waals surface area (Å²) in [6.07, 6.45) is 7.79. The van der Waals surface area contributed by atoms with Gasteiger partial charge >= 0.3 is 0 Å². The van der Waals surface area contributed by atoms with Crippen LogP contribution in [-0.4, -0.2) is 0 Å². The molecule has 0 amide bonds. The Kier molecular flexibility index (Phi) is 2.81. The second kappa shape index (κ2) is 3.96. The molecule has 0 unspecified atom stereocenters. The SMILES string of the molecule is CC(C)(C)[n+]1ccccc1C1CCCC1. The van der Waals surface area contributed by atoms with E-state index in [1.807, 2.05) is 0 Å². The summed E-state index contributed by atoms with van der Waals surface area (Å²) in [4.78, 5) is 0. The third-order valence-electron chi connectivity index (χ3n) is 3.39. The van der Waals surface area contributed by atoms with Gasteiger partial charge in [0.25, 0.3) is 0 Å². The maximum Gasteiger partial charge on any atom is 0.184 e. The van der Waals surface area contributed by atoms with Crippen LogP contribution < -0.4 is 4.57 Å². The number of nitrogens with zero attached hydrogens (tertiary/aromatic N) is 1. The number of rotatable bonds is 1. The van der Waals surface area contributed by atoms with Crippen molar-refractivity contribution in [3.63, 3.8) is 0 Å². The van der Waals surface area contributed by atoms with Crippen molar-refractivity contribution < 1.29 is 4.57 Å². The Hall–Kier alpha value is -0.850. The summed E-state index contributed by atoms with van der Waals surface area (Å²) < 4.78 is 2.45. The van der Waals surface area contributed by atoms with Crippen molar-refractivity contribution in [2.45, 2.75) is 57.9 Å². The lowest BCUT2D eigenvalue weighted by atomic mass is 9.99. The van der Waals surface area contributed by atoms with E-state index in [9.17, 15) is 0 Å². The van der Waals surface area contributed by atoms with Gasteiger partial charge in [-0.05, 0) is 12.8 Å². The van der Waals surface area contributed by atoms with E-state index >= 15 is 0 Å². The molecular formula is C14H22N+. The van der Waals surface area contributed by atoms with Gasteiger partial charge in [0.05, 0.1) is 0 Å². The minimum Gasteiger partial charge on any atom is -0.198 e. The van der Waals surface area contributed by atoms with Gasteiger partial charge in [0.2, 0.25) is 0 Å². The minimum atomic E-state index is 0.208.